The van der Waals surface area contributed by atoms with Gasteiger partial charge >= 0.3 is 0 Å². The Kier molecular flexibility index (Phi) is 5.35. The average molecular weight is 463 g/mol. The molecular formula is C21H20ClIN2. The number of aryl methyl sites for hydroxylation is 2. The number of aromatic nitrogens is 1. The first kappa shape index (κ1) is 18.2. The van der Waals surface area contributed by atoms with Crippen LogP contribution in [0.5, 0.6) is 0 Å². The second-order valence-corrected chi connectivity index (χ2v) is 7.81. The van der Waals surface area contributed by atoms with Gasteiger partial charge in [-0.25, -0.2) is 0 Å². The summed E-state index contributed by atoms with van der Waals surface area (Å²) in [6.45, 7) is 8.39. The third kappa shape index (κ3) is 3.67. The SMILES string of the molecule is Cc1cc(-n2c(C)cc(C=Nc3cccc(Cl)c3C)c2C)ccc1I. The minimum Gasteiger partial charge on any atom is -0.318 e. The van der Waals surface area contributed by atoms with Crippen molar-refractivity contribution in [3.63, 3.8) is 0 Å². The van der Waals surface area contributed by atoms with Crippen LogP contribution in [0.2, 0.25) is 5.02 Å². The summed E-state index contributed by atoms with van der Waals surface area (Å²) >= 11 is 8.55. The highest BCUT2D eigenvalue weighted by Gasteiger charge is 2.10. The Bertz CT molecular complexity index is 970. The van der Waals surface area contributed by atoms with Gasteiger partial charge in [-0.15, -0.1) is 0 Å². The molecule has 0 aliphatic heterocycles. The molecule has 1 heterocycles. The number of nitrogens with zero attached hydrogens (tertiary/aromatic N) is 2. The number of hydrogen-bond donors (Lipinski definition) is 0. The maximum atomic E-state index is 6.19. The smallest absolute Gasteiger partial charge is 0.0673 e. The van der Waals surface area contributed by atoms with Gasteiger partial charge in [-0.3, -0.25) is 4.99 Å². The van der Waals surface area contributed by atoms with Crippen LogP contribution < -0.4 is 0 Å². The van der Waals surface area contributed by atoms with Gasteiger partial charge in [-0.05, 0) is 97.8 Å². The zero-order valence-corrected chi connectivity index (χ0v) is 17.7. The summed E-state index contributed by atoms with van der Waals surface area (Å²) in [5.74, 6) is 0. The van der Waals surface area contributed by atoms with E-state index in [-0.39, 0.29) is 0 Å². The molecule has 0 fully saturated rings. The van der Waals surface area contributed by atoms with E-state index in [1.165, 1.54) is 26.2 Å². The molecule has 0 spiro atoms. The van der Waals surface area contributed by atoms with Crippen molar-refractivity contribution >= 4 is 46.1 Å². The van der Waals surface area contributed by atoms with Crippen LogP contribution in [-0.2, 0) is 0 Å². The summed E-state index contributed by atoms with van der Waals surface area (Å²) in [5, 5.41) is 0.745. The number of aliphatic imine (C=N–C) groups is 1. The quantitative estimate of drug-likeness (QED) is 0.304. The van der Waals surface area contributed by atoms with Crippen molar-refractivity contribution in [2.24, 2.45) is 4.99 Å². The molecule has 3 rings (SSSR count). The summed E-state index contributed by atoms with van der Waals surface area (Å²) in [7, 11) is 0. The monoisotopic (exact) mass is 462 g/mol. The zero-order valence-electron chi connectivity index (χ0n) is 14.8. The number of rotatable bonds is 3. The minimum absolute atomic E-state index is 0.745. The zero-order chi connectivity index (χ0) is 18.1. The predicted octanol–water partition coefficient (Wildman–Crippen LogP) is 6.72. The summed E-state index contributed by atoms with van der Waals surface area (Å²) < 4.78 is 3.55. The standard InChI is InChI=1S/C21H20ClIN2/c1-13-10-18(8-9-20(13)23)25-14(2)11-17(16(25)4)12-24-21-7-5-6-19(22)15(21)3/h5-12H,1-4H3. The van der Waals surface area contributed by atoms with E-state index in [9.17, 15) is 0 Å². The van der Waals surface area contributed by atoms with Gasteiger partial charge in [0.05, 0.1) is 5.69 Å². The molecule has 4 heteroatoms. The molecule has 0 radical (unpaired) electrons. The van der Waals surface area contributed by atoms with Crippen molar-refractivity contribution in [1.29, 1.82) is 0 Å². The van der Waals surface area contributed by atoms with Crippen molar-refractivity contribution in [2.75, 3.05) is 0 Å². The molecule has 128 valence electrons. The highest BCUT2D eigenvalue weighted by Crippen LogP contribution is 2.26. The largest absolute Gasteiger partial charge is 0.318 e. The van der Waals surface area contributed by atoms with E-state index in [4.69, 9.17) is 11.6 Å². The molecule has 0 saturated carbocycles. The highest BCUT2D eigenvalue weighted by molar-refractivity contribution is 14.1. The van der Waals surface area contributed by atoms with Crippen LogP contribution in [-0.4, -0.2) is 10.8 Å². The first-order valence-corrected chi connectivity index (χ1v) is 9.59. The Morgan fingerprint density at radius 1 is 1.04 bits per heavy atom. The molecule has 0 saturated heterocycles. The highest BCUT2D eigenvalue weighted by atomic mass is 127. The lowest BCUT2D eigenvalue weighted by Gasteiger charge is -2.11. The predicted molar refractivity (Wildman–Crippen MR) is 116 cm³/mol. The molecule has 0 N–H and O–H groups in total. The van der Waals surface area contributed by atoms with Crippen molar-refractivity contribution in [1.82, 2.24) is 4.57 Å². The molecule has 0 bridgehead atoms. The molecule has 1 aromatic heterocycles. The van der Waals surface area contributed by atoms with Crippen LogP contribution in [0.1, 0.15) is 28.1 Å². The average Bonchev–Trinajstić information content (AvgIpc) is 2.86. The summed E-state index contributed by atoms with van der Waals surface area (Å²) in [6, 6.07) is 14.5. The Labute approximate surface area is 167 Å². The van der Waals surface area contributed by atoms with Gasteiger partial charge in [-0.2, -0.15) is 0 Å². The number of halogens is 2. The second-order valence-electron chi connectivity index (χ2n) is 6.24. The summed E-state index contributed by atoms with van der Waals surface area (Å²) in [6.07, 6.45) is 1.93. The van der Waals surface area contributed by atoms with Crippen molar-refractivity contribution < 1.29 is 0 Å². The third-order valence-corrected chi connectivity index (χ3v) is 6.07. The molecular weight excluding hydrogens is 443 g/mol. The normalized spacial score (nSPS) is 11.4. The van der Waals surface area contributed by atoms with Gasteiger partial charge < -0.3 is 4.57 Å². The van der Waals surface area contributed by atoms with Crippen LogP contribution in [0.25, 0.3) is 5.69 Å². The van der Waals surface area contributed by atoms with Gasteiger partial charge in [0.15, 0.2) is 0 Å². The van der Waals surface area contributed by atoms with E-state index in [1.54, 1.807) is 0 Å². The molecule has 0 atom stereocenters. The van der Waals surface area contributed by atoms with Crippen LogP contribution in [0.15, 0.2) is 47.5 Å². The number of hydrogen-bond acceptors (Lipinski definition) is 1. The molecule has 2 nitrogen and oxygen atoms in total. The lowest BCUT2D eigenvalue weighted by Crippen LogP contribution is -2.00. The van der Waals surface area contributed by atoms with E-state index in [0.29, 0.717) is 0 Å². The van der Waals surface area contributed by atoms with Crippen molar-refractivity contribution in [3.8, 4) is 5.69 Å². The van der Waals surface area contributed by atoms with Gasteiger partial charge in [0, 0.05) is 37.4 Å². The van der Waals surface area contributed by atoms with Gasteiger partial charge in [-0.1, -0.05) is 17.7 Å². The minimum atomic E-state index is 0.745. The molecule has 0 aliphatic carbocycles. The third-order valence-electron chi connectivity index (χ3n) is 4.45. The molecule has 25 heavy (non-hydrogen) atoms. The van der Waals surface area contributed by atoms with Gasteiger partial charge in [0.25, 0.3) is 0 Å². The maximum absolute atomic E-state index is 6.19. The fourth-order valence-corrected chi connectivity index (χ4v) is 3.46. The van der Waals surface area contributed by atoms with Crippen molar-refractivity contribution in [3.05, 3.63) is 79.1 Å². The van der Waals surface area contributed by atoms with Crippen LogP contribution in [0.4, 0.5) is 5.69 Å². The Balaban J connectivity index is 2.01. The fraction of sp³-hybridized carbons (Fsp3) is 0.190. The van der Waals surface area contributed by atoms with Crippen LogP contribution >= 0.6 is 34.2 Å². The number of benzene rings is 2. The Morgan fingerprint density at radius 3 is 2.52 bits per heavy atom. The molecule has 0 amide bonds. The van der Waals surface area contributed by atoms with Crippen LogP contribution in [0, 0.1) is 31.3 Å². The molecule has 3 aromatic rings. The van der Waals surface area contributed by atoms with Crippen molar-refractivity contribution in [2.45, 2.75) is 27.7 Å². The maximum Gasteiger partial charge on any atom is 0.0673 e. The lowest BCUT2D eigenvalue weighted by atomic mass is 10.2. The molecule has 0 aliphatic rings. The first-order valence-electron chi connectivity index (χ1n) is 8.13. The van der Waals surface area contributed by atoms with Gasteiger partial charge in [0.1, 0.15) is 0 Å². The van der Waals surface area contributed by atoms with E-state index in [2.05, 4.69) is 77.2 Å². The van der Waals surface area contributed by atoms with Gasteiger partial charge in [0.2, 0.25) is 0 Å². The van der Waals surface area contributed by atoms with E-state index >= 15 is 0 Å². The molecule has 2 aromatic carbocycles. The topological polar surface area (TPSA) is 17.3 Å². The fourth-order valence-electron chi connectivity index (χ4n) is 2.96. The summed E-state index contributed by atoms with van der Waals surface area (Å²) in [5.41, 5.74) is 7.88. The van der Waals surface area contributed by atoms with E-state index < -0.39 is 0 Å². The summed E-state index contributed by atoms with van der Waals surface area (Å²) in [4.78, 5) is 4.65. The molecule has 0 unspecified atom stereocenters. The Hall–Kier alpha value is -1.59. The Morgan fingerprint density at radius 2 is 1.80 bits per heavy atom. The second kappa shape index (κ2) is 7.34. The van der Waals surface area contributed by atoms with E-state index in [1.807, 2.05) is 31.3 Å². The first-order chi connectivity index (χ1) is 11.9. The van der Waals surface area contributed by atoms with E-state index in [0.717, 1.165) is 21.8 Å². The van der Waals surface area contributed by atoms with Crippen LogP contribution in [0.3, 0.4) is 0 Å². The lowest BCUT2D eigenvalue weighted by molar-refractivity contribution is 0.962.